The third-order valence-corrected chi connectivity index (χ3v) is 10.8. The van der Waals surface area contributed by atoms with Crippen LogP contribution in [0.25, 0.3) is 55.7 Å². The highest BCUT2D eigenvalue weighted by Crippen LogP contribution is 2.57. The number of aromatic amines is 3. The lowest BCUT2D eigenvalue weighted by molar-refractivity contribution is 0.543. The van der Waals surface area contributed by atoms with Crippen LogP contribution >= 0.6 is 0 Å². The fourth-order valence-corrected chi connectivity index (χ4v) is 8.13. The summed E-state index contributed by atoms with van der Waals surface area (Å²) in [6.07, 6.45) is 12.6. The van der Waals surface area contributed by atoms with Crippen LogP contribution in [-0.2, 0) is 0 Å². The molecule has 6 atom stereocenters. The Labute approximate surface area is 250 Å². The van der Waals surface area contributed by atoms with Crippen LogP contribution < -0.4 is 5.32 Å². The fraction of sp³-hybridized carbons (Fsp3) is 0.297. The molecule has 3 saturated carbocycles. The number of hydrogen-bond donors (Lipinski definition) is 4. The Kier molecular flexibility index (Phi) is 5.06. The van der Waals surface area contributed by atoms with Crippen LogP contribution in [0.15, 0.2) is 85.3 Å². The molecule has 4 N–H and O–H groups in total. The first-order valence-electron chi connectivity index (χ1n) is 15.9. The first-order chi connectivity index (χ1) is 21.2. The van der Waals surface area contributed by atoms with E-state index in [1.165, 1.54) is 71.1 Å². The largest absolute Gasteiger partial charge is 0.361 e. The Hall–Kier alpha value is -4.42. The van der Waals surface area contributed by atoms with Gasteiger partial charge < -0.3 is 20.3 Å². The minimum atomic E-state index is 0.373. The van der Waals surface area contributed by atoms with Gasteiger partial charge in [0.2, 0.25) is 0 Å². The molecule has 1 aliphatic heterocycles. The molecular formula is C37H34N6. The molecule has 4 aliphatic rings. The fourth-order valence-electron chi connectivity index (χ4n) is 8.13. The van der Waals surface area contributed by atoms with Gasteiger partial charge in [0.25, 0.3) is 0 Å². The van der Waals surface area contributed by atoms with Gasteiger partial charge >= 0.3 is 0 Å². The molecule has 10 rings (SSSR count). The molecule has 3 aliphatic carbocycles. The van der Waals surface area contributed by atoms with Crippen molar-refractivity contribution < 1.29 is 0 Å². The number of fused-ring (bicyclic) bond motifs is 3. The summed E-state index contributed by atoms with van der Waals surface area (Å²) in [4.78, 5) is 20.2. The molecule has 1 saturated heterocycles. The standard InChI is InChI=1S/C37H34N6/c1-5-22(33-18-39-36(42-33)27-14-24-13-25(24)15-27)6-2-20(1)28-9-10-29(35-30(28)11-12-38-35)21-3-7-23(8-4-21)34-19-40-37(43-34)32-17-26-16-31(26)41-32/h1-12,18-19,24-27,31-32,38,41H,13-17H2,(H,39,42)(H,40,43)/t24-,25+,26-,27?,31-,32+/m1/s1. The summed E-state index contributed by atoms with van der Waals surface area (Å²) in [5.74, 6) is 5.65. The first-order valence-corrected chi connectivity index (χ1v) is 15.9. The maximum atomic E-state index is 4.76. The molecule has 0 bridgehead atoms. The summed E-state index contributed by atoms with van der Waals surface area (Å²) < 4.78 is 0. The van der Waals surface area contributed by atoms with Gasteiger partial charge in [0.15, 0.2) is 0 Å². The van der Waals surface area contributed by atoms with Gasteiger partial charge in [-0.05, 0) is 83.7 Å². The molecule has 43 heavy (non-hydrogen) atoms. The van der Waals surface area contributed by atoms with E-state index in [1.807, 2.05) is 18.6 Å². The van der Waals surface area contributed by atoms with Crippen LogP contribution in [0, 0.1) is 17.8 Å². The first kappa shape index (κ1) is 24.1. The molecule has 3 aromatic heterocycles. The average Bonchev–Trinajstić information content (AvgIpc) is 3.58. The van der Waals surface area contributed by atoms with Gasteiger partial charge in [-0.2, -0.15) is 0 Å². The van der Waals surface area contributed by atoms with Crippen molar-refractivity contribution in [3.8, 4) is 44.8 Å². The Morgan fingerprint density at radius 2 is 1.19 bits per heavy atom. The van der Waals surface area contributed by atoms with Crippen molar-refractivity contribution in [2.75, 3.05) is 0 Å². The summed E-state index contributed by atoms with van der Waals surface area (Å²) >= 11 is 0. The number of aromatic nitrogens is 5. The Balaban J connectivity index is 0.897. The summed E-state index contributed by atoms with van der Waals surface area (Å²) in [6.45, 7) is 0. The second-order valence-electron chi connectivity index (χ2n) is 13.4. The maximum absolute atomic E-state index is 4.76. The van der Waals surface area contributed by atoms with E-state index in [2.05, 4.69) is 87.0 Å². The highest BCUT2D eigenvalue weighted by atomic mass is 15.1. The van der Waals surface area contributed by atoms with Crippen LogP contribution in [0.3, 0.4) is 0 Å². The van der Waals surface area contributed by atoms with E-state index in [1.54, 1.807) is 0 Å². The van der Waals surface area contributed by atoms with E-state index in [0.717, 1.165) is 52.1 Å². The van der Waals surface area contributed by atoms with Gasteiger partial charge in [-0.3, -0.25) is 0 Å². The summed E-state index contributed by atoms with van der Waals surface area (Å²) in [7, 11) is 0. The Morgan fingerprint density at radius 1 is 0.558 bits per heavy atom. The molecule has 4 heterocycles. The van der Waals surface area contributed by atoms with Crippen LogP contribution in [0.5, 0.6) is 0 Å². The van der Waals surface area contributed by atoms with Crippen LogP contribution in [0.4, 0.5) is 0 Å². The lowest BCUT2D eigenvalue weighted by Gasteiger charge is -2.11. The van der Waals surface area contributed by atoms with Crippen molar-refractivity contribution in [2.45, 2.75) is 50.1 Å². The monoisotopic (exact) mass is 562 g/mol. The van der Waals surface area contributed by atoms with Gasteiger partial charge in [0.1, 0.15) is 11.6 Å². The second-order valence-corrected chi connectivity index (χ2v) is 13.4. The zero-order valence-corrected chi connectivity index (χ0v) is 24.0. The predicted molar refractivity (Wildman–Crippen MR) is 170 cm³/mol. The number of imidazole rings is 2. The van der Waals surface area contributed by atoms with E-state index in [-0.39, 0.29) is 0 Å². The maximum Gasteiger partial charge on any atom is 0.123 e. The summed E-state index contributed by atoms with van der Waals surface area (Å²) in [5, 5.41) is 4.93. The number of hydrogen-bond acceptors (Lipinski definition) is 3. The smallest absolute Gasteiger partial charge is 0.123 e. The summed E-state index contributed by atoms with van der Waals surface area (Å²) in [5.41, 5.74) is 10.6. The zero-order valence-electron chi connectivity index (χ0n) is 24.0. The molecule has 212 valence electrons. The Morgan fingerprint density at radius 3 is 1.88 bits per heavy atom. The number of nitrogens with one attached hydrogen (secondary N) is 4. The SMILES string of the molecule is c1cc2c(-c3ccc(-c4cnc(C5C[C@@H]6C[C@@H]6C5)[nH]4)cc3)ccc(-c3ccc(-c4cnc([C@@H]5C[C@H]6C[C@H]6N5)[nH]4)cc3)c2[nH]1. The van der Waals surface area contributed by atoms with Crippen LogP contribution in [0.2, 0.25) is 0 Å². The molecule has 0 spiro atoms. The minimum Gasteiger partial charge on any atom is -0.361 e. The number of nitrogens with zero attached hydrogens (tertiary/aromatic N) is 2. The third-order valence-electron chi connectivity index (χ3n) is 10.8. The topological polar surface area (TPSA) is 85.2 Å². The minimum absolute atomic E-state index is 0.373. The lowest BCUT2D eigenvalue weighted by atomic mass is 9.95. The number of rotatable bonds is 6. The van der Waals surface area contributed by atoms with Gasteiger partial charge in [0.05, 0.1) is 35.3 Å². The third kappa shape index (κ3) is 4.04. The van der Waals surface area contributed by atoms with Gasteiger partial charge in [0, 0.05) is 29.1 Å². The summed E-state index contributed by atoms with van der Waals surface area (Å²) in [6, 6.07) is 25.5. The van der Waals surface area contributed by atoms with Crippen molar-refractivity contribution in [2.24, 2.45) is 17.8 Å². The average molecular weight is 563 g/mol. The number of piperidine rings is 1. The van der Waals surface area contributed by atoms with E-state index >= 15 is 0 Å². The second kappa shape index (κ2) is 9.04. The lowest BCUT2D eigenvalue weighted by Crippen LogP contribution is -2.18. The van der Waals surface area contributed by atoms with E-state index in [9.17, 15) is 0 Å². The zero-order chi connectivity index (χ0) is 28.1. The number of benzene rings is 3. The van der Waals surface area contributed by atoms with Crippen molar-refractivity contribution in [3.63, 3.8) is 0 Å². The highest BCUT2D eigenvalue weighted by molar-refractivity contribution is 6.03. The van der Waals surface area contributed by atoms with Crippen LogP contribution in [0.1, 0.15) is 55.7 Å². The van der Waals surface area contributed by atoms with Crippen molar-refractivity contribution in [1.82, 2.24) is 30.2 Å². The van der Waals surface area contributed by atoms with Gasteiger partial charge in [-0.25, -0.2) is 9.97 Å². The van der Waals surface area contributed by atoms with Crippen molar-refractivity contribution >= 4 is 10.9 Å². The molecule has 4 fully saturated rings. The van der Waals surface area contributed by atoms with Crippen molar-refractivity contribution in [3.05, 3.63) is 97.0 Å². The predicted octanol–water partition coefficient (Wildman–Crippen LogP) is 8.22. The van der Waals surface area contributed by atoms with E-state index in [0.29, 0.717) is 12.0 Å². The highest BCUT2D eigenvalue weighted by Gasteiger charge is 2.47. The number of H-pyrrole nitrogens is 3. The molecule has 6 heteroatoms. The normalized spacial score (nSPS) is 27.0. The molecule has 1 unspecified atom stereocenters. The quantitative estimate of drug-likeness (QED) is 0.165. The molecule has 6 aromatic rings. The molecule has 0 amide bonds. The molecule has 3 aromatic carbocycles. The van der Waals surface area contributed by atoms with Crippen molar-refractivity contribution in [1.29, 1.82) is 0 Å². The molecule has 0 radical (unpaired) electrons. The van der Waals surface area contributed by atoms with Gasteiger partial charge in [-0.1, -0.05) is 60.7 Å². The van der Waals surface area contributed by atoms with Crippen LogP contribution in [-0.4, -0.2) is 31.0 Å². The van der Waals surface area contributed by atoms with E-state index in [4.69, 9.17) is 9.97 Å². The van der Waals surface area contributed by atoms with Gasteiger partial charge in [-0.15, -0.1) is 0 Å². The molecule has 6 nitrogen and oxygen atoms in total. The van der Waals surface area contributed by atoms with E-state index < -0.39 is 0 Å². The Bertz CT molecular complexity index is 1810. The molecular weight excluding hydrogens is 528 g/mol.